The van der Waals surface area contributed by atoms with Gasteiger partial charge in [0.25, 0.3) is 0 Å². The van der Waals surface area contributed by atoms with Gasteiger partial charge in [0.15, 0.2) is 16.6 Å². The molecule has 0 amide bonds. The molecular weight excluding hydrogens is 425 g/mol. The van der Waals surface area contributed by atoms with E-state index >= 15 is 0 Å². The summed E-state index contributed by atoms with van der Waals surface area (Å²) in [6.45, 7) is 27.7. The lowest BCUT2D eigenvalue weighted by atomic mass is 10.9. The van der Waals surface area contributed by atoms with Crippen molar-refractivity contribution in [1.82, 2.24) is 0 Å². The Hall–Kier alpha value is 1.31. The highest BCUT2D eigenvalue weighted by molar-refractivity contribution is 8.49. The summed E-state index contributed by atoms with van der Waals surface area (Å²) in [6.07, 6.45) is 0. The molecule has 9 heteroatoms. The molecule has 158 valence electrons. The van der Waals surface area contributed by atoms with Gasteiger partial charge in [-0.05, 0) is 76.0 Å². The average molecular weight is 471 g/mol. The fourth-order valence-corrected chi connectivity index (χ4v) is 45.1. The number of hydrogen-bond acceptors (Lipinski definition) is 4. The number of hydrogen-bond donors (Lipinski definition) is 0. The lowest BCUT2D eigenvalue weighted by Gasteiger charge is -2.45. The van der Waals surface area contributed by atoms with Crippen molar-refractivity contribution in [3.05, 3.63) is 0 Å². The third-order valence-electron chi connectivity index (χ3n) is 4.89. The van der Waals surface area contributed by atoms with E-state index in [2.05, 4.69) is 91.1 Å². The van der Waals surface area contributed by atoms with Crippen LogP contribution in [0.25, 0.3) is 0 Å². The van der Waals surface area contributed by atoms with Crippen molar-refractivity contribution in [2.45, 2.75) is 111 Å². The summed E-state index contributed by atoms with van der Waals surface area (Å²) in [7, 11) is -6.89. The number of rotatable bonds is 13. The predicted molar refractivity (Wildman–Crippen MR) is 133 cm³/mol. The molecule has 0 unspecified atom stereocenters. The summed E-state index contributed by atoms with van der Waals surface area (Å²) in [5.41, 5.74) is 0. The summed E-state index contributed by atoms with van der Waals surface area (Å²) in [6, 6.07) is 6.06. The standard InChI is InChI=1S/C17H46O3SSi5/c1-13-25(14-2,15-3)20-26(16-4,17-5)21-24(11,12)19-23(9,10)18-22(6,7)8/h13-17H2,1-12H3. The summed E-state index contributed by atoms with van der Waals surface area (Å²) < 4.78 is 20.5. The van der Waals surface area contributed by atoms with E-state index in [0.717, 1.165) is 0 Å². The van der Waals surface area contributed by atoms with Crippen molar-refractivity contribution in [2.75, 3.05) is 0 Å². The van der Waals surface area contributed by atoms with Crippen LogP contribution in [-0.4, -0.2) is 40.1 Å². The Morgan fingerprint density at radius 3 is 1.31 bits per heavy atom. The van der Waals surface area contributed by atoms with Gasteiger partial charge in [-0.15, -0.1) is 0 Å². The van der Waals surface area contributed by atoms with Crippen LogP contribution in [0, 0.1) is 0 Å². The zero-order valence-corrected chi connectivity index (χ0v) is 25.5. The Bertz CT molecular complexity index is 411. The lowest BCUT2D eigenvalue weighted by molar-refractivity contribution is 0.402. The highest BCUT2D eigenvalue weighted by Gasteiger charge is 2.48. The minimum Gasteiger partial charge on any atom is -0.448 e. The van der Waals surface area contributed by atoms with Gasteiger partial charge in [0.1, 0.15) is 0 Å². The molecule has 26 heavy (non-hydrogen) atoms. The largest absolute Gasteiger partial charge is 0.448 e. The minimum atomic E-state index is -2.10. The minimum absolute atomic E-state index is 1.18. The molecule has 0 saturated heterocycles. The Morgan fingerprint density at radius 2 is 1.00 bits per heavy atom. The molecule has 0 aromatic heterocycles. The Morgan fingerprint density at radius 1 is 0.577 bits per heavy atom. The smallest absolute Gasteiger partial charge is 0.311 e. The van der Waals surface area contributed by atoms with Crippen LogP contribution in [0.1, 0.15) is 34.6 Å². The second kappa shape index (κ2) is 10.4. The molecule has 0 fully saturated rings. The summed E-state index contributed by atoms with van der Waals surface area (Å²) in [4.78, 5) is 0. The molecule has 0 heterocycles. The van der Waals surface area contributed by atoms with Crippen LogP contribution >= 0.6 is 10.7 Å². The van der Waals surface area contributed by atoms with Crippen molar-refractivity contribution < 1.29 is 12.3 Å². The summed E-state index contributed by atoms with van der Waals surface area (Å²) >= 11 is 0. The van der Waals surface area contributed by atoms with E-state index in [1.807, 2.05) is 0 Å². The molecule has 0 rings (SSSR count). The van der Waals surface area contributed by atoms with Gasteiger partial charge >= 0.3 is 8.56 Å². The maximum atomic E-state index is 7.20. The van der Waals surface area contributed by atoms with Gasteiger partial charge < -0.3 is 12.3 Å². The topological polar surface area (TPSA) is 27.7 Å². The van der Waals surface area contributed by atoms with Crippen molar-refractivity contribution in [3.8, 4) is 0 Å². The SMILES string of the molecule is CC[Si](CC)(CC)O[Si](CC)(CC)S[Si](C)(C)O[Si](C)(C)O[Si](C)(C)C. The van der Waals surface area contributed by atoms with Gasteiger partial charge in [0.05, 0.1) is 0 Å². The normalized spacial score (nSPS) is 14.8. The van der Waals surface area contributed by atoms with E-state index < -0.39 is 40.1 Å². The molecule has 3 nitrogen and oxygen atoms in total. The fourth-order valence-electron chi connectivity index (χ4n) is 3.74. The van der Waals surface area contributed by atoms with Crippen LogP contribution in [-0.2, 0) is 12.3 Å². The maximum absolute atomic E-state index is 7.20. The first kappa shape index (κ1) is 27.3. The average Bonchev–Trinajstić information content (AvgIpc) is 2.48. The molecule has 0 atom stereocenters. The molecule has 0 aromatic rings. The van der Waals surface area contributed by atoms with Crippen LogP contribution < -0.4 is 0 Å². The van der Waals surface area contributed by atoms with Crippen LogP contribution in [0.2, 0.25) is 76.0 Å². The van der Waals surface area contributed by atoms with E-state index in [1.165, 1.54) is 30.2 Å². The van der Waals surface area contributed by atoms with Crippen LogP contribution in [0.15, 0.2) is 0 Å². The molecule has 0 aromatic carbocycles. The van der Waals surface area contributed by atoms with Gasteiger partial charge in [-0.3, -0.25) is 0 Å². The molecular formula is C17H46O3SSi5. The highest BCUT2D eigenvalue weighted by Crippen LogP contribution is 2.42. The van der Waals surface area contributed by atoms with Gasteiger partial charge in [-0.25, -0.2) is 0 Å². The molecule has 0 aliphatic rings. The second-order valence-electron chi connectivity index (χ2n) is 9.18. The van der Waals surface area contributed by atoms with Gasteiger partial charge in [-0.1, -0.05) is 34.6 Å². The lowest BCUT2D eigenvalue weighted by Crippen LogP contribution is -2.55. The Labute approximate surface area is 173 Å². The predicted octanol–water partition coefficient (Wildman–Crippen LogP) is 7.50. The second-order valence-corrected chi connectivity index (χ2v) is 37.0. The zero-order chi connectivity index (χ0) is 20.9. The quantitative estimate of drug-likeness (QED) is 0.260. The van der Waals surface area contributed by atoms with Crippen molar-refractivity contribution in [2.24, 2.45) is 0 Å². The summed E-state index contributed by atoms with van der Waals surface area (Å²) in [5, 5.41) is 0. The van der Waals surface area contributed by atoms with Gasteiger partial charge in [-0.2, -0.15) is 10.7 Å². The van der Waals surface area contributed by atoms with Crippen LogP contribution in [0.5, 0.6) is 0 Å². The highest BCUT2D eigenvalue weighted by atomic mass is 32.5. The van der Waals surface area contributed by atoms with E-state index in [4.69, 9.17) is 12.3 Å². The van der Waals surface area contributed by atoms with Crippen LogP contribution in [0.4, 0.5) is 0 Å². The monoisotopic (exact) mass is 470 g/mol. The Balaban J connectivity index is 5.45. The van der Waals surface area contributed by atoms with Crippen molar-refractivity contribution >= 4 is 50.8 Å². The first-order chi connectivity index (χ1) is 11.6. The Kier molecular flexibility index (Phi) is 10.9. The molecule has 0 spiro atoms. The first-order valence-corrected chi connectivity index (χ1v) is 26.7. The van der Waals surface area contributed by atoms with E-state index in [0.29, 0.717) is 0 Å². The van der Waals surface area contributed by atoms with Gasteiger partial charge in [0.2, 0.25) is 14.9 Å². The van der Waals surface area contributed by atoms with Gasteiger partial charge in [0, 0.05) is 0 Å². The van der Waals surface area contributed by atoms with Crippen molar-refractivity contribution in [1.29, 1.82) is 0 Å². The maximum Gasteiger partial charge on any atom is 0.311 e. The zero-order valence-electron chi connectivity index (χ0n) is 19.7. The molecule has 0 aliphatic heterocycles. The van der Waals surface area contributed by atoms with Crippen LogP contribution in [0.3, 0.4) is 0 Å². The fraction of sp³-hybridized carbons (Fsp3) is 1.00. The summed E-state index contributed by atoms with van der Waals surface area (Å²) in [5.74, 6) is 0. The molecule has 0 aliphatic carbocycles. The van der Waals surface area contributed by atoms with E-state index in [-0.39, 0.29) is 0 Å². The third-order valence-corrected chi connectivity index (χ3v) is 36.9. The first-order valence-electron chi connectivity index (χ1n) is 10.4. The third kappa shape index (κ3) is 9.21. The molecule has 0 N–H and O–H groups in total. The van der Waals surface area contributed by atoms with E-state index in [9.17, 15) is 0 Å². The van der Waals surface area contributed by atoms with E-state index in [1.54, 1.807) is 0 Å². The molecule has 0 saturated carbocycles. The van der Waals surface area contributed by atoms with Crippen molar-refractivity contribution in [3.63, 3.8) is 0 Å². The molecule has 0 radical (unpaired) electrons. The molecule has 0 bridgehead atoms.